The van der Waals surface area contributed by atoms with Gasteiger partial charge in [0, 0.05) is 60.6 Å². The molecule has 0 fully saturated rings. The summed E-state index contributed by atoms with van der Waals surface area (Å²) < 4.78 is 29.8. The van der Waals surface area contributed by atoms with E-state index < -0.39 is 42.1 Å². The second-order valence-corrected chi connectivity index (χ2v) is 10.4. The van der Waals surface area contributed by atoms with Crippen LogP contribution in [0.25, 0.3) is 28.3 Å². The minimum atomic E-state index is -1.44. The maximum Gasteiger partial charge on any atom is 1.00 e. The van der Waals surface area contributed by atoms with Gasteiger partial charge in [0.1, 0.15) is 17.3 Å². The zero-order valence-corrected chi connectivity index (χ0v) is 26.7. The molecular weight excluding hydrogens is 579 g/mol. The third-order valence-corrected chi connectivity index (χ3v) is 6.81. The van der Waals surface area contributed by atoms with Crippen molar-refractivity contribution in [2.75, 3.05) is 0 Å². The SMILES string of the molecule is CC(C)n1c(C=C[C@@H](O)C[C@@H](O)CC(=O)[O-])c(-c2ccc(F)cc2)c(-c2ccc(F)cc2)c1C(=O)NCc1cccnc1.[Na+]. The number of rotatable bonds is 12. The van der Waals surface area contributed by atoms with Crippen LogP contribution in [0.5, 0.6) is 0 Å². The molecule has 2 aromatic heterocycles. The van der Waals surface area contributed by atoms with Gasteiger partial charge in [-0.25, -0.2) is 8.78 Å². The van der Waals surface area contributed by atoms with Crippen molar-refractivity contribution in [3.63, 3.8) is 0 Å². The molecule has 2 atom stereocenters. The number of nitrogens with one attached hydrogen (secondary N) is 1. The second-order valence-electron chi connectivity index (χ2n) is 10.4. The number of aromatic nitrogens is 2. The van der Waals surface area contributed by atoms with Crippen LogP contribution in [-0.2, 0) is 11.3 Å². The molecule has 0 spiro atoms. The first-order chi connectivity index (χ1) is 20.5. The van der Waals surface area contributed by atoms with Gasteiger partial charge in [-0.2, -0.15) is 0 Å². The molecule has 8 nitrogen and oxygen atoms in total. The molecule has 224 valence electrons. The van der Waals surface area contributed by atoms with Crippen molar-refractivity contribution < 1.29 is 63.2 Å². The molecule has 0 bridgehead atoms. The van der Waals surface area contributed by atoms with E-state index in [2.05, 4.69) is 10.3 Å². The number of halogens is 2. The molecule has 4 rings (SSSR count). The summed E-state index contributed by atoms with van der Waals surface area (Å²) in [4.78, 5) is 28.9. The van der Waals surface area contributed by atoms with Gasteiger partial charge in [-0.3, -0.25) is 9.78 Å². The van der Waals surface area contributed by atoms with Crippen molar-refractivity contribution in [2.45, 2.75) is 51.5 Å². The number of amides is 1. The predicted octanol–water partition coefficient (Wildman–Crippen LogP) is 1.28. The number of aliphatic hydroxyl groups is 2. The number of carbonyl (C=O) groups is 2. The van der Waals surface area contributed by atoms with E-state index in [-0.39, 0.29) is 54.3 Å². The normalized spacial score (nSPS) is 12.6. The van der Waals surface area contributed by atoms with Crippen LogP contribution in [0.1, 0.15) is 54.5 Å². The fourth-order valence-electron chi connectivity index (χ4n) is 4.94. The minimum Gasteiger partial charge on any atom is -0.550 e. The average molecular weight is 612 g/mol. The van der Waals surface area contributed by atoms with Crippen molar-refractivity contribution >= 4 is 18.0 Å². The van der Waals surface area contributed by atoms with E-state index in [0.29, 0.717) is 27.9 Å². The molecule has 0 unspecified atom stereocenters. The van der Waals surface area contributed by atoms with Gasteiger partial charge in [0.2, 0.25) is 0 Å². The van der Waals surface area contributed by atoms with Crippen LogP contribution in [0.2, 0.25) is 0 Å². The Morgan fingerprint density at radius 3 is 2.09 bits per heavy atom. The molecule has 2 heterocycles. The number of nitrogens with zero attached hydrogens (tertiary/aromatic N) is 2. The van der Waals surface area contributed by atoms with Gasteiger partial charge in [0.25, 0.3) is 5.91 Å². The maximum atomic E-state index is 14.0. The van der Waals surface area contributed by atoms with Gasteiger partial charge < -0.3 is 30.0 Å². The number of aliphatic hydroxyl groups excluding tert-OH is 2. The van der Waals surface area contributed by atoms with Crippen LogP contribution in [0.4, 0.5) is 8.78 Å². The summed E-state index contributed by atoms with van der Waals surface area (Å²) in [7, 11) is 0. The van der Waals surface area contributed by atoms with Gasteiger partial charge in [0.15, 0.2) is 0 Å². The standard InChI is InChI=1S/C33H33F2N3O5.Na/c1-20(2)38-28(14-13-26(39)16-27(40)17-29(41)42)30(22-5-9-24(34)10-6-22)31(23-7-11-25(35)12-8-23)32(38)33(43)37-19-21-4-3-15-36-18-21;/h3-15,18,20,26-27,39-40H,16-17,19H2,1-2H3,(H,37,43)(H,41,42);/q;+1/p-1/t26-,27-;/m1./s1. The molecule has 0 aliphatic heterocycles. The molecule has 1 amide bonds. The van der Waals surface area contributed by atoms with Gasteiger partial charge in [-0.15, -0.1) is 0 Å². The van der Waals surface area contributed by atoms with E-state index in [4.69, 9.17) is 0 Å². The van der Waals surface area contributed by atoms with Crippen LogP contribution in [0.3, 0.4) is 0 Å². The van der Waals surface area contributed by atoms with Crippen LogP contribution in [-0.4, -0.2) is 43.8 Å². The molecule has 3 N–H and O–H groups in total. The van der Waals surface area contributed by atoms with E-state index in [1.54, 1.807) is 53.4 Å². The molecule has 0 saturated carbocycles. The van der Waals surface area contributed by atoms with Crippen LogP contribution >= 0.6 is 0 Å². The summed E-state index contributed by atoms with van der Waals surface area (Å²) in [6.07, 6.45) is 2.78. The molecule has 4 aromatic rings. The smallest absolute Gasteiger partial charge is 0.550 e. The van der Waals surface area contributed by atoms with Crippen molar-refractivity contribution in [1.29, 1.82) is 0 Å². The quantitative estimate of drug-likeness (QED) is 0.207. The molecule has 0 aliphatic carbocycles. The van der Waals surface area contributed by atoms with Crippen molar-refractivity contribution in [2.24, 2.45) is 0 Å². The number of aliphatic carboxylic acids is 1. The second kappa shape index (κ2) is 15.9. The number of carbonyl (C=O) groups excluding carboxylic acids is 2. The Hall–Kier alpha value is -3.67. The van der Waals surface area contributed by atoms with E-state index in [1.165, 1.54) is 30.3 Å². The molecule has 0 aliphatic rings. The Kier molecular flexibility index (Phi) is 12.6. The largest absolute Gasteiger partial charge is 1.00 e. The molecule has 0 radical (unpaired) electrons. The Morgan fingerprint density at radius 2 is 1.57 bits per heavy atom. The first-order valence-corrected chi connectivity index (χ1v) is 13.8. The molecule has 0 saturated heterocycles. The van der Waals surface area contributed by atoms with Crippen LogP contribution < -0.4 is 40.0 Å². The Morgan fingerprint density at radius 1 is 0.977 bits per heavy atom. The molecule has 2 aromatic carbocycles. The maximum absolute atomic E-state index is 14.0. The third kappa shape index (κ3) is 8.71. The van der Waals surface area contributed by atoms with Gasteiger partial charge >= 0.3 is 29.6 Å². The van der Waals surface area contributed by atoms with Gasteiger partial charge in [-0.05, 0) is 66.9 Å². The first kappa shape index (κ1) is 34.8. The van der Waals surface area contributed by atoms with E-state index in [9.17, 15) is 33.7 Å². The number of hydrogen-bond acceptors (Lipinski definition) is 6. The molecular formula is C33H32F2N3NaO5. The Bertz CT molecular complexity index is 1590. The summed E-state index contributed by atoms with van der Waals surface area (Å²) in [5.41, 5.74) is 3.62. The predicted molar refractivity (Wildman–Crippen MR) is 156 cm³/mol. The number of benzene rings is 2. The number of pyridine rings is 1. The van der Waals surface area contributed by atoms with Crippen molar-refractivity contribution in [1.82, 2.24) is 14.9 Å². The summed E-state index contributed by atoms with van der Waals surface area (Å²) in [6, 6.07) is 14.7. The third-order valence-electron chi connectivity index (χ3n) is 6.81. The topological polar surface area (TPSA) is 128 Å². The minimum absolute atomic E-state index is 0. The monoisotopic (exact) mass is 611 g/mol. The number of carboxylic acid groups (broad SMARTS) is 1. The average Bonchev–Trinajstić information content (AvgIpc) is 3.31. The van der Waals surface area contributed by atoms with E-state index in [1.807, 2.05) is 19.9 Å². The van der Waals surface area contributed by atoms with E-state index >= 15 is 0 Å². The zero-order chi connectivity index (χ0) is 31.1. The Balaban J connectivity index is 0.00000529. The van der Waals surface area contributed by atoms with Crippen LogP contribution in [0.15, 0.2) is 79.1 Å². The summed E-state index contributed by atoms with van der Waals surface area (Å²) in [5.74, 6) is -2.79. The van der Waals surface area contributed by atoms with Crippen molar-refractivity contribution in [3.8, 4) is 22.3 Å². The molecule has 11 heteroatoms. The first-order valence-electron chi connectivity index (χ1n) is 13.8. The Labute approximate surface area is 276 Å². The zero-order valence-electron chi connectivity index (χ0n) is 24.7. The molecule has 44 heavy (non-hydrogen) atoms. The van der Waals surface area contributed by atoms with Gasteiger partial charge in [0.05, 0.1) is 12.2 Å². The fraction of sp³-hybridized carbons (Fsp3) is 0.242. The summed E-state index contributed by atoms with van der Waals surface area (Å²) >= 11 is 0. The van der Waals surface area contributed by atoms with Gasteiger partial charge in [-0.1, -0.05) is 36.4 Å². The van der Waals surface area contributed by atoms with Crippen molar-refractivity contribution in [3.05, 3.63) is 108 Å². The summed E-state index contributed by atoms with van der Waals surface area (Å²) in [6.45, 7) is 3.93. The van der Waals surface area contributed by atoms with E-state index in [0.717, 1.165) is 5.56 Å². The number of carboxylic acids is 1. The fourth-order valence-corrected chi connectivity index (χ4v) is 4.94. The number of hydrogen-bond donors (Lipinski definition) is 3. The summed E-state index contributed by atoms with van der Waals surface area (Å²) in [5, 5.41) is 34.4. The van der Waals surface area contributed by atoms with Crippen LogP contribution in [0, 0.1) is 11.6 Å².